The van der Waals surface area contributed by atoms with Gasteiger partial charge in [-0.15, -0.1) is 0 Å². The van der Waals surface area contributed by atoms with Gasteiger partial charge in [-0.05, 0) is 30.7 Å². The normalized spacial score (nSPS) is 14.9. The number of aryl methyl sites for hydroxylation is 1. The average Bonchev–Trinajstić information content (AvgIpc) is 3.14. The fourth-order valence-electron chi connectivity index (χ4n) is 3.57. The third-order valence-electron chi connectivity index (χ3n) is 5.05. The van der Waals surface area contributed by atoms with E-state index in [1.807, 2.05) is 6.92 Å². The summed E-state index contributed by atoms with van der Waals surface area (Å²) in [6, 6.07) is 6.09. The van der Waals surface area contributed by atoms with Crippen LogP contribution < -0.4 is 15.8 Å². The number of anilines is 1. The van der Waals surface area contributed by atoms with Crippen molar-refractivity contribution in [2.45, 2.75) is 26.4 Å². The maximum Gasteiger partial charge on any atom is 0.166 e. The van der Waals surface area contributed by atoms with Crippen LogP contribution in [0.4, 0.5) is 10.2 Å². The number of nitrogen functional groups attached to an aromatic ring is 1. The average molecular weight is 407 g/mol. The molecule has 2 bridgehead atoms. The minimum Gasteiger partial charge on any atom is -0.485 e. The molecule has 0 spiro atoms. The Morgan fingerprint density at radius 3 is 2.93 bits per heavy atom. The topological polar surface area (TPSA) is 110 Å². The number of rotatable bonds is 2. The number of benzene rings is 1. The molecule has 8 heteroatoms. The van der Waals surface area contributed by atoms with Crippen LogP contribution in [0.2, 0.25) is 0 Å². The van der Waals surface area contributed by atoms with Crippen molar-refractivity contribution >= 4 is 11.5 Å². The summed E-state index contributed by atoms with van der Waals surface area (Å²) in [7, 11) is 1.76. The van der Waals surface area contributed by atoms with E-state index in [9.17, 15) is 4.39 Å². The molecule has 1 aliphatic rings. The van der Waals surface area contributed by atoms with Gasteiger partial charge in [-0.3, -0.25) is 5.41 Å². The van der Waals surface area contributed by atoms with Crippen molar-refractivity contribution in [2.24, 2.45) is 0 Å². The molecule has 0 radical (unpaired) electrons. The lowest BCUT2D eigenvalue weighted by Crippen LogP contribution is -2.14. The highest BCUT2D eigenvalue weighted by Gasteiger charge is 2.23. The first-order valence-electron chi connectivity index (χ1n) is 9.62. The Balaban J connectivity index is 1.95. The number of ether oxygens (including phenoxy) is 1. The minimum absolute atomic E-state index is 0.0504. The summed E-state index contributed by atoms with van der Waals surface area (Å²) in [6.07, 6.45) is 4.40. The van der Waals surface area contributed by atoms with Gasteiger partial charge in [0.1, 0.15) is 18.2 Å². The second kappa shape index (κ2) is 7.98. The Morgan fingerprint density at radius 1 is 1.33 bits per heavy atom. The van der Waals surface area contributed by atoms with Crippen LogP contribution in [0.15, 0.2) is 46.8 Å². The van der Waals surface area contributed by atoms with E-state index in [2.05, 4.69) is 15.5 Å². The van der Waals surface area contributed by atoms with Gasteiger partial charge in [0.25, 0.3) is 0 Å². The van der Waals surface area contributed by atoms with Crippen LogP contribution in [0.5, 0.6) is 5.75 Å². The molecule has 0 fully saturated rings. The number of allylic oxidation sites excluding steroid dienone is 1. The molecule has 154 valence electrons. The first-order valence-corrected chi connectivity index (χ1v) is 9.62. The summed E-state index contributed by atoms with van der Waals surface area (Å²) < 4.78 is 25.5. The molecule has 4 N–H and O–H groups in total. The fourth-order valence-corrected chi connectivity index (χ4v) is 3.57. The van der Waals surface area contributed by atoms with Gasteiger partial charge in [0, 0.05) is 53.7 Å². The van der Waals surface area contributed by atoms with Crippen molar-refractivity contribution < 1.29 is 13.7 Å². The molecule has 0 unspecified atom stereocenters. The van der Waals surface area contributed by atoms with E-state index in [1.165, 1.54) is 12.1 Å². The molecule has 0 saturated heterocycles. The quantitative estimate of drug-likeness (QED) is 0.598. The van der Waals surface area contributed by atoms with Crippen LogP contribution in [-0.4, -0.2) is 22.9 Å². The number of aromatic nitrogens is 2. The summed E-state index contributed by atoms with van der Waals surface area (Å²) >= 11 is 0. The molecule has 3 heterocycles. The zero-order valence-corrected chi connectivity index (χ0v) is 16.8. The van der Waals surface area contributed by atoms with Gasteiger partial charge in [0.2, 0.25) is 0 Å². The van der Waals surface area contributed by atoms with E-state index in [-0.39, 0.29) is 18.1 Å². The molecule has 1 aromatic carbocycles. The van der Waals surface area contributed by atoms with Gasteiger partial charge in [0.05, 0.1) is 11.4 Å². The number of halogens is 1. The van der Waals surface area contributed by atoms with Gasteiger partial charge >= 0.3 is 0 Å². The predicted octanol–water partition coefficient (Wildman–Crippen LogP) is 3.63. The molecule has 0 saturated carbocycles. The second-order valence-corrected chi connectivity index (χ2v) is 6.99. The Morgan fingerprint density at radius 2 is 2.17 bits per heavy atom. The lowest BCUT2D eigenvalue weighted by molar-refractivity contribution is 0.306. The Bertz CT molecular complexity index is 1150. The first kappa shape index (κ1) is 19.6. The highest BCUT2D eigenvalue weighted by atomic mass is 19.1. The number of hydrogen-bond acceptors (Lipinski definition) is 7. The molecule has 2 aromatic heterocycles. The number of nitrogens with one attached hydrogen (secondary N) is 2. The van der Waals surface area contributed by atoms with E-state index >= 15 is 0 Å². The second-order valence-electron chi connectivity index (χ2n) is 6.99. The number of nitrogens with two attached hydrogens (primary N) is 1. The maximum absolute atomic E-state index is 13.9. The van der Waals surface area contributed by atoms with E-state index in [0.29, 0.717) is 41.1 Å². The van der Waals surface area contributed by atoms with Crippen LogP contribution in [0.25, 0.3) is 11.1 Å². The van der Waals surface area contributed by atoms with Crippen LogP contribution in [0.3, 0.4) is 0 Å². The van der Waals surface area contributed by atoms with Gasteiger partial charge in [-0.25, -0.2) is 9.37 Å². The van der Waals surface area contributed by atoms with E-state index in [4.69, 9.17) is 20.4 Å². The largest absolute Gasteiger partial charge is 0.485 e. The molecular formula is C22H22FN5O2. The fraction of sp³-hybridized carbons (Fsp3) is 0.227. The van der Waals surface area contributed by atoms with Crippen molar-refractivity contribution in [3.8, 4) is 16.9 Å². The van der Waals surface area contributed by atoms with E-state index < -0.39 is 5.82 Å². The Kier molecular flexibility index (Phi) is 5.22. The smallest absolute Gasteiger partial charge is 0.166 e. The summed E-state index contributed by atoms with van der Waals surface area (Å²) in [5.74, 6) is 0.826. The number of hydrogen-bond donors (Lipinski definition) is 3. The van der Waals surface area contributed by atoms with Gasteiger partial charge in [-0.1, -0.05) is 12.1 Å². The van der Waals surface area contributed by atoms with Crippen molar-refractivity contribution in [3.05, 3.63) is 70.6 Å². The number of pyridine rings is 1. The molecule has 0 amide bonds. The van der Waals surface area contributed by atoms with Crippen LogP contribution in [0.1, 0.15) is 29.5 Å². The summed E-state index contributed by atoms with van der Waals surface area (Å²) in [4.78, 5) is 4.27. The Labute approximate surface area is 173 Å². The van der Waals surface area contributed by atoms with Crippen LogP contribution >= 0.6 is 0 Å². The van der Waals surface area contributed by atoms with Crippen molar-refractivity contribution in [1.82, 2.24) is 15.5 Å². The number of nitrogens with zero attached hydrogens (tertiary/aromatic N) is 2. The molecule has 4 rings (SSSR count). The predicted molar refractivity (Wildman–Crippen MR) is 112 cm³/mol. The summed E-state index contributed by atoms with van der Waals surface area (Å²) in [5, 5.41) is 16.0. The molecule has 0 aliphatic carbocycles. The van der Waals surface area contributed by atoms with Crippen LogP contribution in [0, 0.1) is 11.2 Å². The van der Waals surface area contributed by atoms with Crippen molar-refractivity contribution in [1.29, 1.82) is 5.41 Å². The highest BCUT2D eigenvalue weighted by molar-refractivity contribution is 6.11. The molecular weight excluding hydrogens is 385 g/mol. The molecule has 0 atom stereocenters. The van der Waals surface area contributed by atoms with Gasteiger partial charge < -0.3 is 20.3 Å². The Hall–Kier alpha value is -3.68. The monoisotopic (exact) mass is 407 g/mol. The molecule has 1 aliphatic heterocycles. The van der Waals surface area contributed by atoms with Crippen molar-refractivity contribution in [3.63, 3.8) is 0 Å². The van der Waals surface area contributed by atoms with Gasteiger partial charge in [-0.2, -0.15) is 0 Å². The lowest BCUT2D eigenvalue weighted by atomic mass is 9.93. The maximum atomic E-state index is 13.9. The third-order valence-corrected chi connectivity index (χ3v) is 5.05. The van der Waals surface area contributed by atoms with Gasteiger partial charge in [0.15, 0.2) is 11.6 Å². The highest BCUT2D eigenvalue weighted by Crippen LogP contribution is 2.35. The summed E-state index contributed by atoms with van der Waals surface area (Å²) in [6.45, 7) is 2.04. The third kappa shape index (κ3) is 3.52. The SMILES string of the molecule is CCc1noc2c1-c1cnc(N)c(c1)OCc1cc(F)ccc1C(=N)/C(=C\NC)C2. The molecule has 3 aromatic rings. The van der Waals surface area contributed by atoms with E-state index in [1.54, 1.807) is 31.6 Å². The van der Waals surface area contributed by atoms with E-state index in [0.717, 1.165) is 16.8 Å². The van der Waals surface area contributed by atoms with Crippen LogP contribution in [-0.2, 0) is 19.4 Å². The lowest BCUT2D eigenvalue weighted by Gasteiger charge is -2.17. The van der Waals surface area contributed by atoms with Crippen molar-refractivity contribution in [2.75, 3.05) is 12.8 Å². The zero-order chi connectivity index (χ0) is 21.3. The first-order chi connectivity index (χ1) is 14.5. The molecule has 7 nitrogen and oxygen atoms in total. The molecule has 30 heavy (non-hydrogen) atoms. The zero-order valence-electron chi connectivity index (χ0n) is 16.8. The standard InChI is InChI=1S/C22H22FN5O2/c1-3-17-20-12-7-19(22(25)27-10-12)29-11-14-6-15(23)4-5-16(14)21(24)13(9-26-2)8-18(20)30-28-17/h4-7,9-10,24,26H,3,8,11H2,1-2H3,(H2,25,27)/b13-9-,24-21?. The summed E-state index contributed by atoms with van der Waals surface area (Å²) in [5.41, 5.74) is 10.4. The minimum atomic E-state index is -0.402. The number of fused-ring (bicyclic) bond motifs is 5.